The van der Waals surface area contributed by atoms with Gasteiger partial charge >= 0.3 is 6.98 Å². The molecule has 0 spiro atoms. The number of halogens is 3. The predicted molar refractivity (Wildman–Crippen MR) is 47.6 cm³/mol. The number of rotatable bonds is 4. The lowest BCUT2D eigenvalue weighted by Crippen LogP contribution is -2.26. The summed E-state index contributed by atoms with van der Waals surface area (Å²) in [5, 5.41) is 0. The Morgan fingerprint density at radius 1 is 1.14 bits per heavy atom. The van der Waals surface area contributed by atoms with Crippen molar-refractivity contribution in [1.82, 2.24) is 0 Å². The molecule has 0 radical (unpaired) electrons. The standard InChI is InChI=1S/C8H9BF3O2/c1-13-7-4-2-3-5-8(7)14-6-9(10,11)12/h2-5H,6H2,1H3/q-1. The van der Waals surface area contributed by atoms with E-state index in [9.17, 15) is 12.9 Å². The fourth-order valence-corrected chi connectivity index (χ4v) is 0.922. The van der Waals surface area contributed by atoms with Gasteiger partial charge in [0.05, 0.1) is 13.6 Å². The molecule has 0 N–H and O–H groups in total. The molecular formula is C8H9BF3O2-. The smallest absolute Gasteiger partial charge is 0.515 e. The number of para-hydroxylation sites is 2. The summed E-state index contributed by atoms with van der Waals surface area (Å²) in [6, 6.07) is 6.21. The van der Waals surface area contributed by atoms with E-state index in [1.165, 1.54) is 13.2 Å². The van der Waals surface area contributed by atoms with Gasteiger partial charge in [0.2, 0.25) is 0 Å². The Morgan fingerprint density at radius 3 is 2.21 bits per heavy atom. The van der Waals surface area contributed by atoms with Crippen LogP contribution < -0.4 is 9.47 Å². The molecule has 0 amide bonds. The molecule has 0 atom stereocenters. The van der Waals surface area contributed by atoms with Crippen LogP contribution in [0.2, 0.25) is 0 Å². The summed E-state index contributed by atoms with van der Waals surface area (Å²) in [5.74, 6) is 0.404. The van der Waals surface area contributed by atoms with Crippen LogP contribution in [-0.4, -0.2) is 20.6 Å². The third kappa shape index (κ3) is 3.20. The zero-order valence-electron chi connectivity index (χ0n) is 7.54. The Hall–Kier alpha value is -1.33. The van der Waals surface area contributed by atoms with E-state index in [1.54, 1.807) is 18.2 Å². The predicted octanol–water partition coefficient (Wildman–Crippen LogP) is 2.46. The van der Waals surface area contributed by atoms with Crippen molar-refractivity contribution in [2.24, 2.45) is 0 Å². The summed E-state index contributed by atoms with van der Waals surface area (Å²) in [6.07, 6.45) is 0. The quantitative estimate of drug-likeness (QED) is 0.702. The summed E-state index contributed by atoms with van der Waals surface area (Å²) in [4.78, 5) is 0. The third-order valence-electron chi connectivity index (χ3n) is 1.50. The van der Waals surface area contributed by atoms with Crippen LogP contribution in [0.5, 0.6) is 11.5 Å². The maximum Gasteiger partial charge on any atom is 0.515 e. The van der Waals surface area contributed by atoms with Crippen LogP contribution in [0.15, 0.2) is 24.3 Å². The Bertz CT molecular complexity index is 301. The first kappa shape index (κ1) is 10.8. The highest BCUT2D eigenvalue weighted by molar-refractivity contribution is 6.58. The fraction of sp³-hybridized carbons (Fsp3) is 0.250. The van der Waals surface area contributed by atoms with Crippen LogP contribution in [0.3, 0.4) is 0 Å². The molecule has 0 aliphatic heterocycles. The third-order valence-corrected chi connectivity index (χ3v) is 1.50. The zero-order chi connectivity index (χ0) is 10.6. The van der Waals surface area contributed by atoms with Crippen molar-refractivity contribution >= 4 is 6.98 Å². The molecule has 0 saturated heterocycles. The summed E-state index contributed by atoms with van der Waals surface area (Å²) < 4.78 is 45.0. The van der Waals surface area contributed by atoms with E-state index < -0.39 is 13.5 Å². The van der Waals surface area contributed by atoms with Crippen molar-refractivity contribution in [1.29, 1.82) is 0 Å². The summed E-state index contributed by atoms with van der Waals surface area (Å²) >= 11 is 0. The van der Waals surface area contributed by atoms with Crippen molar-refractivity contribution in [3.8, 4) is 11.5 Å². The van der Waals surface area contributed by atoms with E-state index in [1.807, 2.05) is 0 Å². The van der Waals surface area contributed by atoms with Crippen molar-refractivity contribution in [3.63, 3.8) is 0 Å². The Kier molecular flexibility index (Phi) is 3.27. The molecule has 6 heteroatoms. The van der Waals surface area contributed by atoms with E-state index in [-0.39, 0.29) is 5.75 Å². The highest BCUT2D eigenvalue weighted by Gasteiger charge is 2.24. The molecule has 0 bridgehead atoms. The maximum atomic E-state index is 11.9. The number of ether oxygens (including phenoxy) is 2. The van der Waals surface area contributed by atoms with Gasteiger partial charge in [-0.25, -0.2) is 0 Å². The van der Waals surface area contributed by atoms with Gasteiger partial charge in [-0.1, -0.05) is 12.1 Å². The molecule has 0 aliphatic carbocycles. The van der Waals surface area contributed by atoms with Crippen LogP contribution in [0.1, 0.15) is 0 Å². The molecular weight excluding hydrogens is 196 g/mol. The van der Waals surface area contributed by atoms with E-state index in [0.717, 1.165) is 0 Å². The van der Waals surface area contributed by atoms with Crippen molar-refractivity contribution in [2.45, 2.75) is 0 Å². The molecule has 14 heavy (non-hydrogen) atoms. The van der Waals surface area contributed by atoms with Gasteiger partial charge in [0.1, 0.15) is 0 Å². The molecule has 0 aromatic heterocycles. The monoisotopic (exact) mass is 205 g/mol. The first-order valence-corrected chi connectivity index (χ1v) is 4.00. The summed E-state index contributed by atoms with van der Waals surface area (Å²) in [5.41, 5.74) is 0. The molecule has 78 valence electrons. The fourth-order valence-electron chi connectivity index (χ4n) is 0.922. The molecule has 1 aromatic rings. The van der Waals surface area contributed by atoms with Crippen LogP contribution in [-0.2, 0) is 0 Å². The van der Waals surface area contributed by atoms with Gasteiger partial charge in [-0.05, 0) is 12.1 Å². The molecule has 2 nitrogen and oxygen atoms in total. The molecule has 0 aliphatic rings. The van der Waals surface area contributed by atoms with Crippen molar-refractivity contribution < 1.29 is 22.4 Å². The number of methoxy groups -OCH3 is 1. The number of hydrogen-bond acceptors (Lipinski definition) is 2. The number of benzene rings is 1. The minimum absolute atomic E-state index is 0.106. The second kappa shape index (κ2) is 4.26. The van der Waals surface area contributed by atoms with Crippen LogP contribution in [0.4, 0.5) is 12.9 Å². The first-order valence-electron chi connectivity index (χ1n) is 4.00. The van der Waals surface area contributed by atoms with Gasteiger partial charge in [-0.15, -0.1) is 0 Å². The molecule has 0 heterocycles. The lowest BCUT2D eigenvalue weighted by atomic mass is 9.95. The normalized spacial score (nSPS) is 11.1. The molecule has 0 fully saturated rings. The van der Waals surface area contributed by atoms with Crippen LogP contribution >= 0.6 is 0 Å². The maximum absolute atomic E-state index is 11.9. The lowest BCUT2D eigenvalue weighted by molar-refractivity contribution is 0.295. The Labute approximate surface area is 79.7 Å². The SMILES string of the molecule is COc1ccccc1OC[B-](F)(F)F. The first-order chi connectivity index (χ1) is 6.53. The van der Waals surface area contributed by atoms with E-state index >= 15 is 0 Å². The second-order valence-electron chi connectivity index (χ2n) is 2.67. The van der Waals surface area contributed by atoms with Gasteiger partial charge in [0.15, 0.2) is 11.5 Å². The highest BCUT2D eigenvalue weighted by atomic mass is 19.4. The van der Waals surface area contributed by atoms with Crippen LogP contribution in [0, 0.1) is 0 Å². The van der Waals surface area contributed by atoms with Crippen molar-refractivity contribution in [2.75, 3.05) is 13.6 Å². The topological polar surface area (TPSA) is 18.5 Å². The van der Waals surface area contributed by atoms with E-state index in [0.29, 0.717) is 5.75 Å². The Morgan fingerprint density at radius 2 is 1.71 bits per heavy atom. The number of hydrogen-bond donors (Lipinski definition) is 0. The zero-order valence-corrected chi connectivity index (χ0v) is 7.54. The van der Waals surface area contributed by atoms with Gasteiger partial charge in [0.25, 0.3) is 0 Å². The van der Waals surface area contributed by atoms with Crippen LogP contribution in [0.25, 0.3) is 0 Å². The molecule has 1 rings (SSSR count). The average molecular weight is 205 g/mol. The molecule has 0 unspecified atom stereocenters. The van der Waals surface area contributed by atoms with Gasteiger partial charge in [-0.3, -0.25) is 0 Å². The highest BCUT2D eigenvalue weighted by Crippen LogP contribution is 2.26. The van der Waals surface area contributed by atoms with Gasteiger partial charge in [-0.2, -0.15) is 0 Å². The van der Waals surface area contributed by atoms with Crippen molar-refractivity contribution in [3.05, 3.63) is 24.3 Å². The molecule has 1 aromatic carbocycles. The lowest BCUT2D eigenvalue weighted by Gasteiger charge is -2.16. The average Bonchev–Trinajstić information content (AvgIpc) is 2.14. The minimum Gasteiger partial charge on any atom is -0.519 e. The Balaban J connectivity index is 2.67. The summed E-state index contributed by atoms with van der Waals surface area (Å²) in [7, 11) is 1.38. The van der Waals surface area contributed by atoms with Gasteiger partial charge in [0, 0.05) is 0 Å². The van der Waals surface area contributed by atoms with E-state index in [2.05, 4.69) is 4.74 Å². The largest absolute Gasteiger partial charge is 0.519 e. The second-order valence-corrected chi connectivity index (χ2v) is 2.67. The van der Waals surface area contributed by atoms with E-state index in [4.69, 9.17) is 4.74 Å². The van der Waals surface area contributed by atoms with Gasteiger partial charge < -0.3 is 22.4 Å². The minimum atomic E-state index is -4.93. The molecule has 0 saturated carbocycles. The summed E-state index contributed by atoms with van der Waals surface area (Å²) in [6.45, 7) is -6.18.